The Bertz CT molecular complexity index is 649. The number of thiazole rings is 1. The summed E-state index contributed by atoms with van der Waals surface area (Å²) in [5, 5.41) is 16.3. The second kappa shape index (κ2) is 9.82. The molecule has 1 aromatic heterocycles. The fraction of sp³-hybridized carbons (Fsp3) is 0.438. The summed E-state index contributed by atoms with van der Waals surface area (Å²) >= 11 is 1.43. The first-order valence-corrected chi connectivity index (χ1v) is 7.96. The van der Waals surface area contributed by atoms with Crippen molar-refractivity contribution in [1.29, 1.82) is 5.26 Å². The smallest absolute Gasteiger partial charge is 0.402 e. The normalized spacial score (nSPS) is 11.6. The first kappa shape index (κ1) is 21.8. The lowest BCUT2D eigenvalue weighted by Crippen LogP contribution is -2.46. The zero-order valence-corrected chi connectivity index (χ0v) is 15.5. The molecule has 2 rings (SSSR count). The first-order valence-electron chi connectivity index (χ1n) is 7.15. The molecule has 0 aliphatic heterocycles. The highest BCUT2D eigenvalue weighted by atomic mass is 32.1. The maximum atomic E-state index is 8.78. The molecule has 0 aliphatic rings. The Labute approximate surface area is 146 Å². The van der Waals surface area contributed by atoms with E-state index in [0.717, 1.165) is 10.2 Å². The average Bonchev–Trinajstić information content (AvgIpc) is 2.88. The van der Waals surface area contributed by atoms with Crippen molar-refractivity contribution in [2.24, 2.45) is 16.9 Å². The van der Waals surface area contributed by atoms with Crippen LogP contribution in [0.25, 0.3) is 10.2 Å². The summed E-state index contributed by atoms with van der Waals surface area (Å²) in [4.78, 5) is 14.9. The van der Waals surface area contributed by atoms with Crippen molar-refractivity contribution in [1.82, 2.24) is 9.88 Å². The highest BCUT2D eigenvalue weighted by molar-refractivity contribution is 7.19. The zero-order valence-electron chi connectivity index (χ0n) is 14.6. The van der Waals surface area contributed by atoms with Gasteiger partial charge in [0.2, 0.25) is 0 Å². The average molecular weight is 351 g/mol. The third-order valence-electron chi connectivity index (χ3n) is 2.83. The molecule has 0 saturated carbocycles. The largest absolute Gasteiger partial charge is 0.465 e. The molecule has 1 unspecified atom stereocenters. The molecule has 0 aliphatic carbocycles. The molecule has 2 aromatic rings. The summed E-state index contributed by atoms with van der Waals surface area (Å²) in [5.41, 5.74) is 10.9. The molecule has 1 aromatic carbocycles. The van der Waals surface area contributed by atoms with Crippen molar-refractivity contribution in [3.05, 3.63) is 29.3 Å². The van der Waals surface area contributed by atoms with Crippen LogP contribution in [0.3, 0.4) is 0 Å². The number of hydrogen-bond donors (Lipinski definition) is 3. The number of para-hydroxylation sites is 1. The van der Waals surface area contributed by atoms with Crippen LogP contribution in [-0.2, 0) is 0 Å². The lowest BCUT2D eigenvalue weighted by Gasteiger charge is -2.32. The van der Waals surface area contributed by atoms with Crippen molar-refractivity contribution in [3.8, 4) is 6.07 Å². The summed E-state index contributed by atoms with van der Waals surface area (Å²) in [5.74, 6) is 0. The number of benzene rings is 1. The van der Waals surface area contributed by atoms with E-state index in [1.54, 1.807) is 0 Å². The predicted molar refractivity (Wildman–Crippen MR) is 97.7 cm³/mol. The van der Waals surface area contributed by atoms with Gasteiger partial charge in [0, 0.05) is 0 Å². The molecule has 0 bridgehead atoms. The summed E-state index contributed by atoms with van der Waals surface area (Å²) in [7, 11) is 3.99. The minimum absolute atomic E-state index is 0.150. The molecule has 0 saturated heterocycles. The van der Waals surface area contributed by atoms with Crippen LogP contribution >= 0.6 is 11.3 Å². The van der Waals surface area contributed by atoms with Crippen molar-refractivity contribution in [3.63, 3.8) is 0 Å². The Kier molecular flexibility index (Phi) is 8.92. The molecule has 0 spiro atoms. The number of nitriles is 1. The second-order valence-corrected chi connectivity index (χ2v) is 7.24. The topological polar surface area (TPSA) is 129 Å². The van der Waals surface area contributed by atoms with E-state index in [-0.39, 0.29) is 11.6 Å². The van der Waals surface area contributed by atoms with E-state index in [1.165, 1.54) is 11.3 Å². The van der Waals surface area contributed by atoms with Gasteiger partial charge < -0.3 is 16.6 Å². The van der Waals surface area contributed by atoms with E-state index in [2.05, 4.69) is 31.5 Å². The number of primary amides is 1. The SMILES string of the molecule is CN(C)C(N)C(C)(C)C.N#Cc1nc2ccccc2s1.NC(=O)O. The van der Waals surface area contributed by atoms with Gasteiger partial charge in [-0.2, -0.15) is 5.26 Å². The Hall–Kier alpha value is -2.21. The summed E-state index contributed by atoms with van der Waals surface area (Å²) in [6.45, 7) is 6.41. The fourth-order valence-electron chi connectivity index (χ4n) is 1.69. The van der Waals surface area contributed by atoms with Crippen LogP contribution in [-0.4, -0.2) is 41.3 Å². The number of nitrogens with zero attached hydrogens (tertiary/aromatic N) is 3. The number of fused-ring (bicyclic) bond motifs is 1. The van der Waals surface area contributed by atoms with Crippen molar-refractivity contribution >= 4 is 27.6 Å². The molecule has 7 nitrogen and oxygen atoms in total. The molecule has 1 heterocycles. The number of amides is 1. The van der Waals surface area contributed by atoms with E-state index in [9.17, 15) is 0 Å². The highest BCUT2D eigenvalue weighted by Gasteiger charge is 2.21. The Morgan fingerprint density at radius 3 is 2.21 bits per heavy atom. The fourth-order valence-corrected chi connectivity index (χ4v) is 2.46. The number of rotatable bonds is 1. The summed E-state index contributed by atoms with van der Waals surface area (Å²) in [6.07, 6.45) is -1.18. The van der Waals surface area contributed by atoms with Crippen LogP contribution in [0.5, 0.6) is 0 Å². The lowest BCUT2D eigenvalue weighted by molar-refractivity contribution is 0.158. The van der Waals surface area contributed by atoms with Gasteiger partial charge in [0.15, 0.2) is 5.01 Å². The van der Waals surface area contributed by atoms with E-state index < -0.39 is 6.09 Å². The maximum Gasteiger partial charge on any atom is 0.402 e. The van der Waals surface area contributed by atoms with E-state index in [4.69, 9.17) is 20.9 Å². The van der Waals surface area contributed by atoms with Gasteiger partial charge >= 0.3 is 6.09 Å². The molecule has 0 fully saturated rings. The monoisotopic (exact) mass is 351 g/mol. The minimum Gasteiger partial charge on any atom is -0.465 e. The van der Waals surface area contributed by atoms with Crippen LogP contribution in [0.1, 0.15) is 25.8 Å². The number of carboxylic acid groups (broad SMARTS) is 1. The number of carbonyl (C=O) groups is 1. The Balaban J connectivity index is 0.000000369. The summed E-state index contributed by atoms with van der Waals surface area (Å²) < 4.78 is 1.07. The van der Waals surface area contributed by atoms with Gasteiger partial charge in [0.1, 0.15) is 6.07 Å². The minimum atomic E-state index is -1.33. The van der Waals surface area contributed by atoms with Crippen LogP contribution in [0.15, 0.2) is 24.3 Å². The second-order valence-electron chi connectivity index (χ2n) is 6.21. The number of nitrogens with two attached hydrogens (primary N) is 2. The molecular formula is C16H25N5O2S. The first-order chi connectivity index (χ1) is 11.0. The standard InChI is InChI=1S/C8H4N2S.C7H18N2.CH3NO2/c9-5-8-10-6-3-1-2-4-7(6)11-8;1-7(2,3)6(8)9(4)5;2-1(3)4/h1-4H;6H,8H2,1-5H3;2H2,(H,3,4). The van der Waals surface area contributed by atoms with E-state index in [1.807, 2.05) is 49.3 Å². The number of aromatic nitrogens is 1. The molecule has 1 atom stereocenters. The summed E-state index contributed by atoms with van der Waals surface area (Å²) in [6, 6.07) is 9.77. The zero-order chi connectivity index (χ0) is 18.9. The predicted octanol–water partition coefficient (Wildman–Crippen LogP) is 2.67. The van der Waals surface area contributed by atoms with Crippen LogP contribution in [0.2, 0.25) is 0 Å². The van der Waals surface area contributed by atoms with Gasteiger partial charge in [0.25, 0.3) is 0 Å². The van der Waals surface area contributed by atoms with Gasteiger partial charge in [0.05, 0.1) is 16.4 Å². The number of hydrogen-bond acceptors (Lipinski definition) is 6. The maximum absolute atomic E-state index is 8.78. The van der Waals surface area contributed by atoms with Gasteiger partial charge in [-0.25, -0.2) is 9.78 Å². The van der Waals surface area contributed by atoms with E-state index >= 15 is 0 Å². The highest BCUT2D eigenvalue weighted by Crippen LogP contribution is 2.20. The van der Waals surface area contributed by atoms with Gasteiger partial charge in [-0.1, -0.05) is 32.9 Å². The Morgan fingerprint density at radius 1 is 1.38 bits per heavy atom. The van der Waals surface area contributed by atoms with E-state index in [0.29, 0.717) is 5.01 Å². The third-order valence-corrected chi connectivity index (χ3v) is 3.77. The van der Waals surface area contributed by atoms with Crippen LogP contribution < -0.4 is 11.5 Å². The molecule has 8 heteroatoms. The molecule has 1 amide bonds. The van der Waals surface area contributed by atoms with Crippen LogP contribution in [0, 0.1) is 16.7 Å². The molecule has 24 heavy (non-hydrogen) atoms. The molecule has 132 valence electrons. The third kappa shape index (κ3) is 8.43. The Morgan fingerprint density at radius 2 is 1.88 bits per heavy atom. The van der Waals surface area contributed by atoms with Crippen molar-refractivity contribution < 1.29 is 9.90 Å². The van der Waals surface area contributed by atoms with Crippen molar-refractivity contribution in [2.45, 2.75) is 26.9 Å². The lowest BCUT2D eigenvalue weighted by atomic mass is 9.92. The quantitative estimate of drug-likeness (QED) is 0.677. The molecule has 0 radical (unpaired) electrons. The van der Waals surface area contributed by atoms with Gasteiger partial charge in [-0.15, -0.1) is 11.3 Å². The molecule has 5 N–H and O–H groups in total. The molecular weight excluding hydrogens is 326 g/mol. The van der Waals surface area contributed by atoms with Gasteiger partial charge in [-0.05, 0) is 31.6 Å². The van der Waals surface area contributed by atoms with Crippen molar-refractivity contribution in [2.75, 3.05) is 14.1 Å². The van der Waals surface area contributed by atoms with Gasteiger partial charge in [-0.3, -0.25) is 4.90 Å². The van der Waals surface area contributed by atoms with Crippen LogP contribution in [0.4, 0.5) is 4.79 Å².